The van der Waals surface area contributed by atoms with Gasteiger partial charge in [0, 0.05) is 25.7 Å². The molecule has 2 aliphatic heterocycles. The number of likely N-dealkylation sites (tertiary alicyclic amines) is 2. The normalized spacial score (nSPS) is 26.1. The zero-order valence-electron chi connectivity index (χ0n) is 12.4. The van der Waals surface area contributed by atoms with Gasteiger partial charge < -0.3 is 15.4 Å². The Balaban J connectivity index is 1.86. The molecule has 2 heterocycles. The number of nitrogens with zero attached hydrogens (tertiary/aromatic N) is 2. The van der Waals surface area contributed by atoms with Crippen molar-refractivity contribution < 1.29 is 9.53 Å². The van der Waals surface area contributed by atoms with Gasteiger partial charge in [-0.15, -0.1) is 0 Å². The molecule has 1 amide bonds. The third-order valence-corrected chi connectivity index (χ3v) is 4.02. The van der Waals surface area contributed by atoms with E-state index in [1.807, 2.05) is 25.7 Å². The van der Waals surface area contributed by atoms with Crippen molar-refractivity contribution in [1.29, 1.82) is 0 Å². The van der Waals surface area contributed by atoms with Crippen LogP contribution >= 0.6 is 0 Å². The van der Waals surface area contributed by atoms with Gasteiger partial charge in [-0.1, -0.05) is 0 Å². The van der Waals surface area contributed by atoms with E-state index in [9.17, 15) is 4.79 Å². The molecule has 19 heavy (non-hydrogen) atoms. The van der Waals surface area contributed by atoms with Crippen LogP contribution in [-0.4, -0.2) is 60.3 Å². The number of rotatable bonds is 3. The Morgan fingerprint density at radius 3 is 2.53 bits per heavy atom. The van der Waals surface area contributed by atoms with Crippen LogP contribution in [0.2, 0.25) is 0 Å². The number of ether oxygens (including phenoxy) is 1. The predicted molar refractivity (Wildman–Crippen MR) is 74.9 cm³/mol. The van der Waals surface area contributed by atoms with Crippen LogP contribution in [0.3, 0.4) is 0 Å². The van der Waals surface area contributed by atoms with Crippen molar-refractivity contribution in [3.05, 3.63) is 0 Å². The molecule has 0 saturated carbocycles. The zero-order valence-corrected chi connectivity index (χ0v) is 12.4. The molecule has 0 aromatic heterocycles. The smallest absolute Gasteiger partial charge is 0.410 e. The molecule has 0 radical (unpaired) electrons. The topological polar surface area (TPSA) is 58.8 Å². The molecule has 110 valence electrons. The van der Waals surface area contributed by atoms with Crippen LogP contribution in [-0.2, 0) is 4.74 Å². The number of hydrogen-bond acceptors (Lipinski definition) is 4. The first-order valence-corrected chi connectivity index (χ1v) is 7.33. The molecule has 0 bridgehead atoms. The first-order chi connectivity index (χ1) is 8.90. The summed E-state index contributed by atoms with van der Waals surface area (Å²) in [5.41, 5.74) is 5.49. The summed E-state index contributed by atoms with van der Waals surface area (Å²) in [6, 6.07) is 0.432. The summed E-state index contributed by atoms with van der Waals surface area (Å²) in [5, 5.41) is 0. The van der Waals surface area contributed by atoms with Crippen molar-refractivity contribution in [1.82, 2.24) is 9.80 Å². The quantitative estimate of drug-likeness (QED) is 0.838. The molecule has 0 aromatic carbocycles. The number of amides is 1. The predicted octanol–water partition coefficient (Wildman–Crippen LogP) is 1.28. The molecule has 2 rings (SSSR count). The van der Waals surface area contributed by atoms with Crippen LogP contribution in [0.5, 0.6) is 0 Å². The van der Waals surface area contributed by atoms with Crippen molar-refractivity contribution in [2.75, 3.05) is 32.7 Å². The van der Waals surface area contributed by atoms with Gasteiger partial charge in [0.05, 0.1) is 0 Å². The summed E-state index contributed by atoms with van der Waals surface area (Å²) in [5.74, 6) is 0.498. The largest absolute Gasteiger partial charge is 0.444 e. The molecule has 5 nitrogen and oxygen atoms in total. The second-order valence-corrected chi connectivity index (χ2v) is 6.67. The van der Waals surface area contributed by atoms with E-state index in [1.165, 1.54) is 6.42 Å². The van der Waals surface area contributed by atoms with Crippen molar-refractivity contribution in [2.24, 2.45) is 11.7 Å². The molecule has 0 spiro atoms. The summed E-state index contributed by atoms with van der Waals surface area (Å²) >= 11 is 0. The molecule has 2 atom stereocenters. The van der Waals surface area contributed by atoms with Crippen LogP contribution in [0.1, 0.15) is 33.6 Å². The zero-order chi connectivity index (χ0) is 14.0. The van der Waals surface area contributed by atoms with Gasteiger partial charge in [0.25, 0.3) is 0 Å². The van der Waals surface area contributed by atoms with Crippen molar-refractivity contribution in [2.45, 2.75) is 45.3 Å². The van der Waals surface area contributed by atoms with Gasteiger partial charge in [-0.2, -0.15) is 0 Å². The fourth-order valence-corrected chi connectivity index (χ4v) is 2.91. The summed E-state index contributed by atoms with van der Waals surface area (Å²) in [4.78, 5) is 16.3. The average Bonchev–Trinajstić information content (AvgIpc) is 2.69. The van der Waals surface area contributed by atoms with E-state index >= 15 is 0 Å². The van der Waals surface area contributed by atoms with Crippen LogP contribution < -0.4 is 5.73 Å². The third-order valence-electron chi connectivity index (χ3n) is 4.02. The summed E-state index contributed by atoms with van der Waals surface area (Å²) in [6.07, 6.45) is 2.13. The molecule has 2 saturated heterocycles. The number of carbonyl (C=O) groups is 1. The summed E-state index contributed by atoms with van der Waals surface area (Å²) < 4.78 is 5.43. The van der Waals surface area contributed by atoms with Crippen LogP contribution in [0.25, 0.3) is 0 Å². The average molecular weight is 269 g/mol. The Morgan fingerprint density at radius 2 is 2.05 bits per heavy atom. The highest BCUT2D eigenvalue weighted by molar-refractivity contribution is 5.68. The van der Waals surface area contributed by atoms with E-state index in [4.69, 9.17) is 10.5 Å². The molecular formula is C14H27N3O2. The maximum Gasteiger partial charge on any atom is 0.410 e. The molecular weight excluding hydrogens is 242 g/mol. The first kappa shape index (κ1) is 14.6. The van der Waals surface area contributed by atoms with Gasteiger partial charge in [-0.3, -0.25) is 4.90 Å². The second-order valence-electron chi connectivity index (χ2n) is 6.67. The fourth-order valence-electron chi connectivity index (χ4n) is 2.91. The van der Waals surface area contributed by atoms with Crippen molar-refractivity contribution >= 4 is 6.09 Å². The van der Waals surface area contributed by atoms with Crippen molar-refractivity contribution in [3.63, 3.8) is 0 Å². The minimum atomic E-state index is -0.417. The SMILES string of the molecule is CC(C)(C)OC(=O)N1CCC(C(CN)N2CCC2)C1. The Hall–Kier alpha value is -0.810. The lowest BCUT2D eigenvalue weighted by Crippen LogP contribution is -2.52. The van der Waals surface area contributed by atoms with Gasteiger partial charge >= 0.3 is 6.09 Å². The van der Waals surface area contributed by atoms with E-state index in [1.54, 1.807) is 0 Å². The van der Waals surface area contributed by atoms with Crippen LogP contribution in [0.4, 0.5) is 4.79 Å². The molecule has 2 unspecified atom stereocenters. The highest BCUT2D eigenvalue weighted by Crippen LogP contribution is 2.26. The molecule has 5 heteroatoms. The standard InChI is InChI=1S/C14H27N3O2/c1-14(2,3)19-13(18)17-8-5-11(10-17)12(9-15)16-6-4-7-16/h11-12H,4-10,15H2,1-3H3. The minimum absolute atomic E-state index is 0.186. The van der Waals surface area contributed by atoms with E-state index in [-0.39, 0.29) is 6.09 Å². The lowest BCUT2D eigenvalue weighted by Gasteiger charge is -2.40. The van der Waals surface area contributed by atoms with Gasteiger partial charge in [0.15, 0.2) is 0 Å². The van der Waals surface area contributed by atoms with E-state index in [0.29, 0.717) is 18.5 Å². The maximum absolute atomic E-state index is 12.0. The first-order valence-electron chi connectivity index (χ1n) is 7.33. The molecule has 2 aliphatic rings. The highest BCUT2D eigenvalue weighted by atomic mass is 16.6. The maximum atomic E-state index is 12.0. The van der Waals surface area contributed by atoms with Gasteiger partial charge in [0.2, 0.25) is 0 Å². The van der Waals surface area contributed by atoms with E-state index < -0.39 is 5.60 Å². The van der Waals surface area contributed by atoms with Crippen LogP contribution in [0.15, 0.2) is 0 Å². The Labute approximate surface area is 116 Å². The molecule has 2 N–H and O–H groups in total. The van der Waals surface area contributed by atoms with Crippen molar-refractivity contribution in [3.8, 4) is 0 Å². The summed E-state index contributed by atoms with van der Waals surface area (Å²) in [6.45, 7) is 10.3. The lowest BCUT2D eigenvalue weighted by atomic mass is 9.95. The summed E-state index contributed by atoms with van der Waals surface area (Å²) in [7, 11) is 0. The monoisotopic (exact) mass is 269 g/mol. The minimum Gasteiger partial charge on any atom is -0.444 e. The second kappa shape index (κ2) is 5.67. The third kappa shape index (κ3) is 3.60. The Kier molecular flexibility index (Phi) is 4.36. The van der Waals surface area contributed by atoms with Gasteiger partial charge in [-0.25, -0.2) is 4.79 Å². The van der Waals surface area contributed by atoms with Gasteiger partial charge in [0.1, 0.15) is 5.60 Å². The van der Waals surface area contributed by atoms with E-state index in [2.05, 4.69) is 4.90 Å². The van der Waals surface area contributed by atoms with Gasteiger partial charge in [-0.05, 0) is 52.6 Å². The van der Waals surface area contributed by atoms with Crippen LogP contribution in [0, 0.1) is 5.92 Å². The number of carbonyl (C=O) groups excluding carboxylic acids is 1. The number of hydrogen-bond donors (Lipinski definition) is 1. The Morgan fingerprint density at radius 1 is 1.37 bits per heavy atom. The van der Waals surface area contributed by atoms with E-state index in [0.717, 1.165) is 32.6 Å². The molecule has 2 fully saturated rings. The highest BCUT2D eigenvalue weighted by Gasteiger charge is 2.37. The molecule has 0 aromatic rings. The fraction of sp³-hybridized carbons (Fsp3) is 0.929. The molecule has 0 aliphatic carbocycles. The number of nitrogens with two attached hydrogens (primary N) is 1. The Bertz CT molecular complexity index is 323. The lowest BCUT2D eigenvalue weighted by molar-refractivity contribution is 0.0266.